The Kier molecular flexibility index (Phi) is 1.38. The molecule has 1 N–H and O–H groups in total. The van der Waals surface area contributed by atoms with Gasteiger partial charge in [-0.25, -0.2) is 4.99 Å². The fraction of sp³-hybridized carbons (Fsp3) is 0.250. The summed E-state index contributed by atoms with van der Waals surface area (Å²) in [7, 11) is 2.02. The van der Waals surface area contributed by atoms with E-state index in [0.29, 0.717) is 4.48 Å². The normalized spacial score (nSPS) is 26.8. The van der Waals surface area contributed by atoms with Crippen molar-refractivity contribution in [2.75, 3.05) is 7.05 Å². The van der Waals surface area contributed by atoms with Gasteiger partial charge in [-0.15, -0.1) is 0 Å². The second-order valence-electron chi connectivity index (χ2n) is 3.10. The third-order valence-electron chi connectivity index (χ3n) is 1.91. The molecule has 0 saturated carbocycles. The Hall–Kier alpha value is -1.42. The number of H-pyrrole nitrogens is 1. The maximum atomic E-state index is 4.24. The standard InChI is InChI=1S/C8H11N4/c1-7-5-10-8(11-7)12(2)4-3-9-6-12/h3-6H,1-2H3,(H,10,11)/q+1. The van der Waals surface area contributed by atoms with Crippen LogP contribution in [0.15, 0.2) is 23.6 Å². The van der Waals surface area contributed by atoms with Crippen molar-refractivity contribution in [3.05, 3.63) is 24.3 Å². The summed E-state index contributed by atoms with van der Waals surface area (Å²) in [4.78, 5) is 11.4. The monoisotopic (exact) mass is 163 g/mol. The average Bonchev–Trinajstić information content (AvgIpc) is 2.59. The molecule has 12 heavy (non-hydrogen) atoms. The Morgan fingerprint density at radius 2 is 2.33 bits per heavy atom. The van der Waals surface area contributed by atoms with Crippen molar-refractivity contribution in [3.63, 3.8) is 0 Å². The van der Waals surface area contributed by atoms with E-state index in [1.165, 1.54) is 0 Å². The van der Waals surface area contributed by atoms with Gasteiger partial charge in [0.15, 0.2) is 0 Å². The van der Waals surface area contributed by atoms with Crippen LogP contribution in [0.4, 0.5) is 5.95 Å². The number of hydrogen-bond donors (Lipinski definition) is 1. The predicted molar refractivity (Wildman–Crippen MR) is 48.7 cm³/mol. The SMILES string of the molecule is Cc1cnc([N+]2(C)C=CN=C2)[nH]1. The first-order chi connectivity index (χ1) is 5.71. The molecule has 0 fully saturated rings. The van der Waals surface area contributed by atoms with Crippen LogP contribution in [0.3, 0.4) is 0 Å². The Morgan fingerprint density at radius 3 is 2.83 bits per heavy atom. The first-order valence-electron chi connectivity index (χ1n) is 3.81. The van der Waals surface area contributed by atoms with Gasteiger partial charge in [-0.05, 0) is 6.92 Å². The molecule has 4 heteroatoms. The van der Waals surface area contributed by atoms with Crippen LogP contribution < -0.4 is 4.48 Å². The number of aromatic nitrogens is 2. The van der Waals surface area contributed by atoms with Crippen LogP contribution in [0.2, 0.25) is 0 Å². The number of hydrogen-bond acceptors (Lipinski definition) is 2. The smallest absolute Gasteiger partial charge is 0.296 e. The van der Waals surface area contributed by atoms with Gasteiger partial charge in [0.05, 0.1) is 19.4 Å². The predicted octanol–water partition coefficient (Wildman–Crippen LogP) is 1.17. The molecule has 1 aliphatic heterocycles. The number of aromatic amines is 1. The number of rotatable bonds is 1. The Balaban J connectivity index is 2.42. The van der Waals surface area contributed by atoms with Crippen molar-refractivity contribution in [1.29, 1.82) is 0 Å². The van der Waals surface area contributed by atoms with E-state index in [1.54, 1.807) is 6.20 Å². The molecule has 0 spiro atoms. The zero-order chi connectivity index (χ0) is 8.60. The number of aliphatic imine (C=N–C) groups is 1. The van der Waals surface area contributed by atoms with E-state index in [-0.39, 0.29) is 0 Å². The fourth-order valence-electron chi connectivity index (χ4n) is 1.16. The van der Waals surface area contributed by atoms with E-state index in [4.69, 9.17) is 0 Å². The molecule has 0 bridgehead atoms. The summed E-state index contributed by atoms with van der Waals surface area (Å²) in [6.45, 7) is 1.99. The molecule has 1 aliphatic rings. The van der Waals surface area contributed by atoms with E-state index in [2.05, 4.69) is 15.0 Å². The van der Waals surface area contributed by atoms with Gasteiger partial charge in [-0.3, -0.25) is 4.98 Å². The van der Waals surface area contributed by atoms with Gasteiger partial charge in [0.2, 0.25) is 6.34 Å². The summed E-state index contributed by atoms with van der Waals surface area (Å²) < 4.78 is 0.522. The number of nitrogens with zero attached hydrogens (tertiary/aromatic N) is 3. The molecule has 62 valence electrons. The number of aryl methyl sites for hydroxylation is 1. The third kappa shape index (κ3) is 0.967. The highest BCUT2D eigenvalue weighted by Gasteiger charge is 2.26. The molecule has 1 aromatic rings. The second kappa shape index (κ2) is 2.28. The average molecular weight is 163 g/mol. The molecule has 1 atom stereocenters. The number of imidazole rings is 1. The summed E-state index contributed by atoms with van der Waals surface area (Å²) in [5.74, 6) is 0.894. The summed E-state index contributed by atoms with van der Waals surface area (Å²) in [6, 6.07) is 0. The molecule has 0 aromatic carbocycles. The highest BCUT2D eigenvalue weighted by atomic mass is 15.4. The lowest BCUT2D eigenvalue weighted by atomic mass is 10.6. The van der Waals surface area contributed by atoms with E-state index in [9.17, 15) is 0 Å². The second-order valence-corrected chi connectivity index (χ2v) is 3.10. The van der Waals surface area contributed by atoms with Gasteiger partial charge in [0, 0.05) is 5.69 Å². The molecule has 1 unspecified atom stereocenters. The molecular weight excluding hydrogens is 152 g/mol. The van der Waals surface area contributed by atoms with Crippen LogP contribution in [-0.2, 0) is 0 Å². The van der Waals surface area contributed by atoms with Crippen LogP contribution >= 0.6 is 0 Å². The van der Waals surface area contributed by atoms with Crippen molar-refractivity contribution in [2.45, 2.75) is 6.92 Å². The van der Waals surface area contributed by atoms with Crippen LogP contribution in [0.1, 0.15) is 5.69 Å². The highest BCUT2D eigenvalue weighted by Crippen LogP contribution is 2.17. The number of nitrogens with one attached hydrogen (secondary N) is 1. The van der Waals surface area contributed by atoms with Crippen molar-refractivity contribution in [3.8, 4) is 0 Å². The molecule has 2 heterocycles. The summed E-state index contributed by atoms with van der Waals surface area (Å²) >= 11 is 0. The maximum Gasteiger partial charge on any atom is 0.317 e. The summed E-state index contributed by atoms with van der Waals surface area (Å²) in [5, 5.41) is 0. The lowest BCUT2D eigenvalue weighted by Crippen LogP contribution is -2.36. The lowest BCUT2D eigenvalue weighted by molar-refractivity contribution is 0.646. The molecule has 0 radical (unpaired) electrons. The largest absolute Gasteiger partial charge is 0.317 e. The Labute approximate surface area is 70.9 Å². The van der Waals surface area contributed by atoms with E-state index in [0.717, 1.165) is 11.6 Å². The van der Waals surface area contributed by atoms with E-state index >= 15 is 0 Å². The molecule has 0 aliphatic carbocycles. The van der Waals surface area contributed by atoms with Gasteiger partial charge in [0.25, 0.3) is 0 Å². The van der Waals surface area contributed by atoms with Crippen molar-refractivity contribution in [1.82, 2.24) is 14.5 Å². The topological polar surface area (TPSA) is 41.0 Å². The van der Waals surface area contributed by atoms with Crippen LogP contribution in [-0.4, -0.2) is 23.4 Å². The molecule has 4 nitrogen and oxygen atoms in total. The number of quaternary nitrogens is 1. The molecule has 1 aromatic heterocycles. The van der Waals surface area contributed by atoms with Crippen LogP contribution in [0.25, 0.3) is 0 Å². The Bertz CT molecular complexity index is 336. The summed E-state index contributed by atoms with van der Waals surface area (Å²) in [6.07, 6.45) is 7.40. The van der Waals surface area contributed by atoms with E-state index < -0.39 is 0 Å². The fourth-order valence-corrected chi connectivity index (χ4v) is 1.16. The zero-order valence-corrected chi connectivity index (χ0v) is 7.15. The van der Waals surface area contributed by atoms with Crippen LogP contribution in [0, 0.1) is 6.92 Å². The van der Waals surface area contributed by atoms with Gasteiger partial charge in [-0.2, -0.15) is 9.47 Å². The lowest BCUT2D eigenvalue weighted by Gasteiger charge is -2.16. The molecule has 0 saturated heterocycles. The Morgan fingerprint density at radius 1 is 1.50 bits per heavy atom. The molecule has 0 amide bonds. The minimum Gasteiger partial charge on any atom is -0.296 e. The molecule has 2 rings (SSSR count). The van der Waals surface area contributed by atoms with Gasteiger partial charge >= 0.3 is 5.95 Å². The van der Waals surface area contributed by atoms with Crippen molar-refractivity contribution >= 4 is 12.3 Å². The van der Waals surface area contributed by atoms with Gasteiger partial charge in [-0.1, -0.05) is 0 Å². The summed E-state index contributed by atoms with van der Waals surface area (Å²) in [5.41, 5.74) is 1.07. The zero-order valence-electron chi connectivity index (χ0n) is 7.15. The molecular formula is C8H11N4+. The maximum absolute atomic E-state index is 4.24. The van der Waals surface area contributed by atoms with E-state index in [1.807, 2.05) is 32.7 Å². The van der Waals surface area contributed by atoms with Crippen molar-refractivity contribution in [2.24, 2.45) is 4.99 Å². The first kappa shape index (κ1) is 7.24. The van der Waals surface area contributed by atoms with Crippen LogP contribution in [0.5, 0.6) is 0 Å². The quantitative estimate of drug-likeness (QED) is 0.620. The minimum absolute atomic E-state index is 0.522. The third-order valence-corrected chi connectivity index (χ3v) is 1.91. The van der Waals surface area contributed by atoms with Gasteiger partial charge < -0.3 is 0 Å². The minimum atomic E-state index is 0.522. The van der Waals surface area contributed by atoms with Gasteiger partial charge in [0.1, 0.15) is 6.20 Å². The first-order valence-corrected chi connectivity index (χ1v) is 3.81. The highest BCUT2D eigenvalue weighted by molar-refractivity contribution is 5.74. The van der Waals surface area contributed by atoms with Crippen molar-refractivity contribution < 1.29 is 0 Å².